The summed E-state index contributed by atoms with van der Waals surface area (Å²) < 4.78 is 46.9. The third kappa shape index (κ3) is 5.12. The first-order chi connectivity index (χ1) is 15.0. The lowest BCUT2D eigenvalue weighted by molar-refractivity contribution is -0.141. The van der Waals surface area contributed by atoms with Crippen molar-refractivity contribution in [1.29, 1.82) is 0 Å². The average Bonchev–Trinajstić information content (AvgIpc) is 3.22. The van der Waals surface area contributed by atoms with Crippen molar-refractivity contribution >= 4 is 11.6 Å². The fourth-order valence-corrected chi connectivity index (χ4v) is 3.40. The molecule has 0 saturated heterocycles. The lowest BCUT2D eigenvalue weighted by atomic mass is 10.1. The number of amides is 1. The highest BCUT2D eigenvalue weighted by molar-refractivity contribution is 5.93. The lowest BCUT2D eigenvalue weighted by Crippen LogP contribution is -2.26. The highest BCUT2D eigenvalue weighted by Crippen LogP contribution is 2.29. The monoisotopic (exact) mass is 449 g/mol. The lowest BCUT2D eigenvalue weighted by Gasteiger charge is -2.14. The number of nitrogens with zero attached hydrogens (tertiary/aromatic N) is 4. The number of anilines is 1. The van der Waals surface area contributed by atoms with Crippen LogP contribution in [0.15, 0.2) is 30.3 Å². The summed E-state index contributed by atoms with van der Waals surface area (Å²) in [5, 5.41) is 11.0. The van der Waals surface area contributed by atoms with Crippen molar-refractivity contribution < 1.29 is 22.7 Å². The van der Waals surface area contributed by atoms with E-state index < -0.39 is 17.8 Å². The first-order valence-corrected chi connectivity index (χ1v) is 10.1. The molecule has 3 aromatic rings. The van der Waals surface area contributed by atoms with Crippen molar-refractivity contribution in [3.63, 3.8) is 0 Å². The maximum atomic E-state index is 12.9. The van der Waals surface area contributed by atoms with E-state index in [1.54, 1.807) is 25.6 Å². The summed E-state index contributed by atoms with van der Waals surface area (Å²) in [4.78, 5) is 12.8. The van der Waals surface area contributed by atoms with E-state index in [2.05, 4.69) is 15.5 Å². The zero-order valence-corrected chi connectivity index (χ0v) is 18.6. The SMILES string of the molecule is COc1cccc(Cn2nc(C)c(NC(=O)C(C)Cn3nc(C(F)(F)F)cc3C)c2C)c1. The summed E-state index contributed by atoms with van der Waals surface area (Å²) >= 11 is 0. The van der Waals surface area contributed by atoms with Gasteiger partial charge in [-0.1, -0.05) is 19.1 Å². The summed E-state index contributed by atoms with van der Waals surface area (Å²) in [6.45, 7) is 7.36. The number of rotatable bonds is 7. The van der Waals surface area contributed by atoms with E-state index in [-0.39, 0.29) is 12.5 Å². The zero-order valence-electron chi connectivity index (χ0n) is 18.6. The van der Waals surface area contributed by atoms with Crippen molar-refractivity contribution in [2.75, 3.05) is 12.4 Å². The molecule has 32 heavy (non-hydrogen) atoms. The standard InChI is InChI=1S/C22H26F3N5O2/c1-13(11-29-14(2)9-19(28-29)22(23,24)25)21(31)26-20-15(3)27-30(16(20)4)12-17-7-6-8-18(10-17)32-5/h6-10,13H,11-12H2,1-5H3,(H,26,31). The van der Waals surface area contributed by atoms with Gasteiger partial charge in [-0.25, -0.2) is 0 Å². The van der Waals surface area contributed by atoms with E-state index >= 15 is 0 Å². The van der Waals surface area contributed by atoms with Gasteiger partial charge in [-0.3, -0.25) is 14.2 Å². The topological polar surface area (TPSA) is 74.0 Å². The number of carbonyl (C=O) groups is 1. The number of nitrogens with one attached hydrogen (secondary N) is 1. The van der Waals surface area contributed by atoms with Gasteiger partial charge in [0.05, 0.1) is 43.2 Å². The molecule has 2 aromatic heterocycles. The molecule has 0 aliphatic carbocycles. The predicted molar refractivity (Wildman–Crippen MR) is 114 cm³/mol. The van der Waals surface area contributed by atoms with Crippen molar-refractivity contribution in [2.24, 2.45) is 5.92 Å². The van der Waals surface area contributed by atoms with Gasteiger partial charge in [0.25, 0.3) is 0 Å². The minimum absolute atomic E-state index is 0.0315. The van der Waals surface area contributed by atoms with Crippen LogP contribution in [0.5, 0.6) is 5.75 Å². The van der Waals surface area contributed by atoms with Crippen LogP contribution in [0.3, 0.4) is 0 Å². The third-order valence-electron chi connectivity index (χ3n) is 5.26. The van der Waals surface area contributed by atoms with Gasteiger partial charge in [-0.15, -0.1) is 0 Å². The molecule has 1 aromatic carbocycles. The summed E-state index contributed by atoms with van der Waals surface area (Å²) in [6.07, 6.45) is -4.52. The maximum absolute atomic E-state index is 12.9. The fourth-order valence-electron chi connectivity index (χ4n) is 3.40. The van der Waals surface area contributed by atoms with Crippen LogP contribution in [0.2, 0.25) is 0 Å². The van der Waals surface area contributed by atoms with Gasteiger partial charge in [-0.05, 0) is 44.5 Å². The molecule has 0 aliphatic heterocycles. The Morgan fingerprint density at radius 2 is 1.88 bits per heavy atom. The van der Waals surface area contributed by atoms with Gasteiger partial charge >= 0.3 is 6.18 Å². The average molecular weight is 449 g/mol. The fraction of sp³-hybridized carbons (Fsp3) is 0.409. The summed E-state index contributed by atoms with van der Waals surface area (Å²) in [5.41, 5.74) is 2.40. The molecular weight excluding hydrogens is 423 g/mol. The number of alkyl halides is 3. The number of benzene rings is 1. The molecule has 2 heterocycles. The van der Waals surface area contributed by atoms with E-state index in [1.165, 1.54) is 11.6 Å². The molecule has 0 fully saturated rings. The molecule has 0 saturated carbocycles. The van der Waals surface area contributed by atoms with Crippen LogP contribution in [0.1, 0.15) is 35.3 Å². The Morgan fingerprint density at radius 3 is 2.50 bits per heavy atom. The smallest absolute Gasteiger partial charge is 0.435 e. The number of carbonyl (C=O) groups excluding carboxylic acids is 1. The predicted octanol–water partition coefficient (Wildman–Crippen LogP) is 4.36. The molecule has 10 heteroatoms. The molecule has 0 radical (unpaired) electrons. The third-order valence-corrected chi connectivity index (χ3v) is 5.26. The van der Waals surface area contributed by atoms with Gasteiger partial charge in [0.1, 0.15) is 5.75 Å². The molecule has 1 amide bonds. The molecule has 0 aliphatic rings. The molecule has 1 unspecified atom stereocenters. The number of hydrogen-bond acceptors (Lipinski definition) is 4. The highest BCUT2D eigenvalue weighted by Gasteiger charge is 2.34. The molecule has 0 spiro atoms. The summed E-state index contributed by atoms with van der Waals surface area (Å²) in [6, 6.07) is 8.60. The van der Waals surface area contributed by atoms with Gasteiger partial charge in [0.15, 0.2) is 5.69 Å². The second kappa shape index (κ2) is 9.05. The summed E-state index contributed by atoms with van der Waals surface area (Å²) in [7, 11) is 1.60. The number of hydrogen-bond donors (Lipinski definition) is 1. The number of aromatic nitrogens is 4. The zero-order chi connectivity index (χ0) is 23.6. The van der Waals surface area contributed by atoms with Crippen LogP contribution in [0.4, 0.5) is 18.9 Å². The second-order valence-corrected chi connectivity index (χ2v) is 7.80. The summed E-state index contributed by atoms with van der Waals surface area (Å²) in [5.74, 6) is -0.176. The van der Waals surface area contributed by atoms with E-state index in [1.807, 2.05) is 31.2 Å². The van der Waals surface area contributed by atoms with Crippen molar-refractivity contribution in [3.05, 3.63) is 58.7 Å². The molecular formula is C22H26F3N5O2. The van der Waals surface area contributed by atoms with E-state index in [9.17, 15) is 18.0 Å². The Labute approximate surface area is 184 Å². The Balaban J connectivity index is 1.71. The van der Waals surface area contributed by atoms with Gasteiger partial charge in [-0.2, -0.15) is 23.4 Å². The van der Waals surface area contributed by atoms with E-state index in [0.717, 1.165) is 23.1 Å². The van der Waals surface area contributed by atoms with Crippen LogP contribution in [0.25, 0.3) is 0 Å². The Hall–Kier alpha value is -3.30. The molecule has 1 N–H and O–H groups in total. The Morgan fingerprint density at radius 1 is 1.16 bits per heavy atom. The normalized spacial score (nSPS) is 12.6. The maximum Gasteiger partial charge on any atom is 0.435 e. The molecule has 1 atom stereocenters. The van der Waals surface area contributed by atoms with Crippen molar-refractivity contribution in [3.8, 4) is 5.75 Å². The second-order valence-electron chi connectivity index (χ2n) is 7.80. The van der Waals surface area contributed by atoms with Crippen LogP contribution in [-0.2, 0) is 24.1 Å². The Kier molecular flexibility index (Phi) is 6.61. The van der Waals surface area contributed by atoms with E-state index in [0.29, 0.717) is 23.6 Å². The molecule has 3 rings (SSSR count). The van der Waals surface area contributed by atoms with Crippen molar-refractivity contribution in [2.45, 2.75) is 47.0 Å². The quantitative estimate of drug-likeness (QED) is 0.582. The minimum atomic E-state index is -4.52. The number of aryl methyl sites for hydroxylation is 2. The molecule has 0 bridgehead atoms. The van der Waals surface area contributed by atoms with Crippen LogP contribution in [-0.4, -0.2) is 32.6 Å². The first kappa shape index (κ1) is 23.4. The van der Waals surface area contributed by atoms with Gasteiger partial charge in [0, 0.05) is 5.69 Å². The Bertz CT molecular complexity index is 1120. The molecule has 172 valence electrons. The largest absolute Gasteiger partial charge is 0.497 e. The number of halogens is 3. The van der Waals surface area contributed by atoms with Gasteiger partial charge in [0.2, 0.25) is 5.91 Å². The number of ether oxygens (including phenoxy) is 1. The first-order valence-electron chi connectivity index (χ1n) is 10.1. The van der Waals surface area contributed by atoms with Crippen molar-refractivity contribution in [1.82, 2.24) is 19.6 Å². The van der Waals surface area contributed by atoms with Crippen LogP contribution >= 0.6 is 0 Å². The minimum Gasteiger partial charge on any atom is -0.497 e. The number of methoxy groups -OCH3 is 1. The van der Waals surface area contributed by atoms with Crippen LogP contribution < -0.4 is 10.1 Å². The molecule has 7 nitrogen and oxygen atoms in total. The highest BCUT2D eigenvalue weighted by atomic mass is 19.4. The van der Waals surface area contributed by atoms with Crippen LogP contribution in [0, 0.1) is 26.7 Å². The van der Waals surface area contributed by atoms with E-state index in [4.69, 9.17) is 4.74 Å². The van der Waals surface area contributed by atoms with Gasteiger partial charge < -0.3 is 10.1 Å².